The lowest BCUT2D eigenvalue weighted by Crippen LogP contribution is -2.33. The molecule has 0 bridgehead atoms. The average Bonchev–Trinajstić information content (AvgIpc) is 3.29. The first-order valence-corrected chi connectivity index (χ1v) is 8.13. The van der Waals surface area contributed by atoms with Gasteiger partial charge in [-0.3, -0.25) is 0 Å². The molecule has 0 amide bonds. The van der Waals surface area contributed by atoms with Crippen molar-refractivity contribution in [3.63, 3.8) is 0 Å². The standard InChI is InChI=1S/C17H16N2O2S/c1-2-6-13(7-3-1)12-19-17(15-9-5-11-21-15)22-16(18-19)14-8-4-10-20-14/h1-11,16-18H,12H2. The molecule has 2 atom stereocenters. The highest BCUT2D eigenvalue weighted by Gasteiger charge is 2.37. The molecule has 3 aromatic rings. The summed E-state index contributed by atoms with van der Waals surface area (Å²) in [7, 11) is 0. The van der Waals surface area contributed by atoms with Crippen molar-refractivity contribution in [2.45, 2.75) is 17.3 Å². The number of hydrogen-bond donors (Lipinski definition) is 1. The lowest BCUT2D eigenvalue weighted by Gasteiger charge is -2.21. The van der Waals surface area contributed by atoms with E-state index in [1.165, 1.54) is 5.56 Å². The Hall–Kier alpha value is -1.95. The highest BCUT2D eigenvalue weighted by atomic mass is 32.2. The Morgan fingerprint density at radius 3 is 2.32 bits per heavy atom. The molecular formula is C17H16N2O2S. The number of rotatable bonds is 4. The number of nitrogens with one attached hydrogen (secondary N) is 1. The zero-order chi connectivity index (χ0) is 14.8. The first-order chi connectivity index (χ1) is 10.9. The molecule has 4 rings (SSSR count). The zero-order valence-electron chi connectivity index (χ0n) is 11.9. The van der Waals surface area contributed by atoms with Gasteiger partial charge in [0.25, 0.3) is 0 Å². The summed E-state index contributed by atoms with van der Waals surface area (Å²) in [5, 5.41) is 2.41. The summed E-state index contributed by atoms with van der Waals surface area (Å²) in [5.74, 6) is 1.87. The molecule has 0 aliphatic carbocycles. The van der Waals surface area contributed by atoms with Crippen molar-refractivity contribution in [1.82, 2.24) is 10.4 Å². The summed E-state index contributed by atoms with van der Waals surface area (Å²) < 4.78 is 11.2. The molecular weight excluding hydrogens is 296 g/mol. The van der Waals surface area contributed by atoms with Gasteiger partial charge >= 0.3 is 0 Å². The molecule has 1 saturated heterocycles. The van der Waals surface area contributed by atoms with E-state index in [0.29, 0.717) is 0 Å². The summed E-state index contributed by atoms with van der Waals surface area (Å²) in [5.41, 5.74) is 4.78. The van der Waals surface area contributed by atoms with Crippen molar-refractivity contribution in [2.24, 2.45) is 0 Å². The monoisotopic (exact) mass is 312 g/mol. The van der Waals surface area contributed by atoms with Gasteiger partial charge in [-0.1, -0.05) is 30.3 Å². The quantitative estimate of drug-likeness (QED) is 0.777. The first kappa shape index (κ1) is 13.7. The third kappa shape index (κ3) is 2.70. The lowest BCUT2D eigenvalue weighted by molar-refractivity contribution is 0.160. The molecule has 22 heavy (non-hydrogen) atoms. The van der Waals surface area contributed by atoms with Crippen molar-refractivity contribution < 1.29 is 8.83 Å². The van der Waals surface area contributed by atoms with Crippen LogP contribution in [0.5, 0.6) is 0 Å². The van der Waals surface area contributed by atoms with Crippen LogP contribution in [0.4, 0.5) is 0 Å². The van der Waals surface area contributed by atoms with E-state index >= 15 is 0 Å². The van der Waals surface area contributed by atoms with Gasteiger partial charge in [0, 0.05) is 6.54 Å². The van der Waals surface area contributed by atoms with Gasteiger partial charge in [0.1, 0.15) is 22.3 Å². The van der Waals surface area contributed by atoms with Crippen LogP contribution in [0.3, 0.4) is 0 Å². The third-order valence-electron chi connectivity index (χ3n) is 3.62. The summed E-state index contributed by atoms with van der Waals surface area (Å²) in [6.45, 7) is 0.802. The van der Waals surface area contributed by atoms with Gasteiger partial charge in [0.15, 0.2) is 0 Å². The number of hydrogen-bond acceptors (Lipinski definition) is 5. The van der Waals surface area contributed by atoms with Gasteiger partial charge in [-0.15, -0.1) is 11.8 Å². The van der Waals surface area contributed by atoms with E-state index in [0.717, 1.165) is 18.1 Å². The molecule has 0 spiro atoms. The maximum atomic E-state index is 5.62. The van der Waals surface area contributed by atoms with Crippen LogP contribution in [0.2, 0.25) is 0 Å². The normalized spacial score (nSPS) is 22.2. The number of benzene rings is 1. The van der Waals surface area contributed by atoms with E-state index in [1.807, 2.05) is 30.3 Å². The van der Waals surface area contributed by atoms with Crippen molar-refractivity contribution in [1.29, 1.82) is 0 Å². The second-order valence-electron chi connectivity index (χ2n) is 5.14. The molecule has 2 aromatic heterocycles. The molecule has 3 heterocycles. The van der Waals surface area contributed by atoms with Crippen LogP contribution < -0.4 is 5.43 Å². The molecule has 1 aromatic carbocycles. The predicted octanol–water partition coefficient (Wildman–Crippen LogP) is 4.32. The fraction of sp³-hybridized carbons (Fsp3) is 0.176. The Morgan fingerprint density at radius 1 is 0.909 bits per heavy atom. The second kappa shape index (κ2) is 6.04. The summed E-state index contributed by atoms with van der Waals surface area (Å²) in [6, 6.07) is 18.3. The lowest BCUT2D eigenvalue weighted by atomic mass is 10.2. The van der Waals surface area contributed by atoms with Gasteiger partial charge in [-0.05, 0) is 29.8 Å². The van der Waals surface area contributed by atoms with E-state index in [4.69, 9.17) is 8.83 Å². The van der Waals surface area contributed by atoms with E-state index in [1.54, 1.807) is 24.3 Å². The molecule has 0 saturated carbocycles. The van der Waals surface area contributed by atoms with E-state index in [2.05, 4.69) is 34.7 Å². The maximum Gasteiger partial charge on any atom is 0.132 e. The van der Waals surface area contributed by atoms with Crippen molar-refractivity contribution in [3.8, 4) is 0 Å². The summed E-state index contributed by atoms with van der Waals surface area (Å²) in [4.78, 5) is 0. The van der Waals surface area contributed by atoms with Crippen LogP contribution in [0, 0.1) is 0 Å². The number of hydrazine groups is 1. The van der Waals surface area contributed by atoms with Crippen molar-refractivity contribution in [2.75, 3.05) is 0 Å². The maximum absolute atomic E-state index is 5.62. The fourth-order valence-corrected chi connectivity index (χ4v) is 3.86. The fourth-order valence-electron chi connectivity index (χ4n) is 2.58. The average molecular weight is 312 g/mol. The topological polar surface area (TPSA) is 41.5 Å². The molecule has 1 fully saturated rings. The highest BCUT2D eigenvalue weighted by Crippen LogP contribution is 2.47. The zero-order valence-corrected chi connectivity index (χ0v) is 12.7. The minimum atomic E-state index is 0.0915. The number of furan rings is 2. The molecule has 2 unspecified atom stereocenters. The Morgan fingerprint density at radius 2 is 1.64 bits per heavy atom. The molecule has 1 aliphatic rings. The molecule has 5 heteroatoms. The van der Waals surface area contributed by atoms with Crippen LogP contribution in [0.15, 0.2) is 76.0 Å². The Labute approximate surface area is 133 Å². The molecule has 4 nitrogen and oxygen atoms in total. The molecule has 0 radical (unpaired) electrons. The number of thioether (sulfide) groups is 1. The van der Waals surface area contributed by atoms with E-state index in [9.17, 15) is 0 Å². The van der Waals surface area contributed by atoms with Gasteiger partial charge in [0.05, 0.1) is 12.5 Å². The summed E-state index contributed by atoms with van der Waals surface area (Å²) in [6.07, 6.45) is 3.43. The largest absolute Gasteiger partial charge is 0.467 e. The van der Waals surface area contributed by atoms with E-state index in [-0.39, 0.29) is 10.7 Å². The molecule has 1 aliphatic heterocycles. The minimum Gasteiger partial charge on any atom is -0.467 e. The van der Waals surface area contributed by atoms with Crippen LogP contribution in [-0.4, -0.2) is 5.01 Å². The van der Waals surface area contributed by atoms with Crippen LogP contribution in [-0.2, 0) is 6.54 Å². The molecule has 1 N–H and O–H groups in total. The van der Waals surface area contributed by atoms with Crippen LogP contribution in [0.1, 0.15) is 27.8 Å². The Bertz CT molecular complexity index is 698. The van der Waals surface area contributed by atoms with Crippen LogP contribution >= 0.6 is 11.8 Å². The predicted molar refractivity (Wildman–Crippen MR) is 85.6 cm³/mol. The van der Waals surface area contributed by atoms with E-state index < -0.39 is 0 Å². The van der Waals surface area contributed by atoms with Gasteiger partial charge in [-0.2, -0.15) is 0 Å². The first-order valence-electron chi connectivity index (χ1n) is 7.19. The van der Waals surface area contributed by atoms with Gasteiger partial charge in [0.2, 0.25) is 0 Å². The van der Waals surface area contributed by atoms with Gasteiger partial charge in [-0.25, -0.2) is 10.4 Å². The third-order valence-corrected chi connectivity index (χ3v) is 4.97. The molecule has 112 valence electrons. The second-order valence-corrected chi connectivity index (χ2v) is 6.33. The van der Waals surface area contributed by atoms with Gasteiger partial charge < -0.3 is 8.83 Å². The van der Waals surface area contributed by atoms with Crippen molar-refractivity contribution >= 4 is 11.8 Å². The summed E-state index contributed by atoms with van der Waals surface area (Å²) >= 11 is 1.78. The smallest absolute Gasteiger partial charge is 0.132 e. The highest BCUT2D eigenvalue weighted by molar-refractivity contribution is 7.99. The van der Waals surface area contributed by atoms with Crippen molar-refractivity contribution in [3.05, 3.63) is 84.2 Å². The SMILES string of the molecule is c1ccc(CN2NC(c3ccco3)SC2c2ccco2)cc1. The van der Waals surface area contributed by atoms with Crippen LogP contribution in [0.25, 0.3) is 0 Å². The minimum absolute atomic E-state index is 0.0915. The Kier molecular flexibility index (Phi) is 3.76. The number of nitrogens with zero attached hydrogens (tertiary/aromatic N) is 1. The Balaban J connectivity index is 1.59.